The van der Waals surface area contributed by atoms with E-state index in [4.69, 9.17) is 26.9 Å². The number of hydrogen-bond donors (Lipinski definition) is 1. The van der Waals surface area contributed by atoms with E-state index < -0.39 is 0 Å². The number of thioether (sulfide) groups is 1. The maximum absolute atomic E-state index is 6.03. The van der Waals surface area contributed by atoms with Crippen molar-refractivity contribution >= 4 is 23.4 Å². The average Bonchev–Trinajstić information content (AvgIpc) is 3.00. The van der Waals surface area contributed by atoms with E-state index in [0.717, 1.165) is 5.75 Å². The molecule has 3 aromatic rings. The summed E-state index contributed by atoms with van der Waals surface area (Å²) in [6, 6.07) is 15.1. The topological polar surface area (TPSA) is 75.2 Å². The van der Waals surface area contributed by atoms with Gasteiger partial charge in [0.2, 0.25) is 5.16 Å². The van der Waals surface area contributed by atoms with Crippen LogP contribution >= 0.6 is 23.4 Å². The molecule has 0 fully saturated rings. The average molecular weight is 391 g/mol. The van der Waals surface area contributed by atoms with E-state index in [1.807, 2.05) is 31.2 Å². The van der Waals surface area contributed by atoms with E-state index >= 15 is 0 Å². The van der Waals surface area contributed by atoms with Crippen LogP contribution in [0.25, 0.3) is 0 Å². The number of aryl methyl sites for hydroxylation is 1. The summed E-state index contributed by atoms with van der Waals surface area (Å²) in [6.45, 7) is 2.82. The summed E-state index contributed by atoms with van der Waals surface area (Å²) in [6.07, 6.45) is 0. The molecular weight excluding hydrogens is 372 g/mol. The van der Waals surface area contributed by atoms with Gasteiger partial charge in [0.1, 0.15) is 18.1 Å². The molecule has 6 nitrogen and oxygen atoms in total. The first kappa shape index (κ1) is 18.4. The van der Waals surface area contributed by atoms with Crippen molar-refractivity contribution in [3.05, 3.63) is 64.9 Å². The molecular formula is C18H19ClN4O2S. The number of halogens is 1. The first-order chi connectivity index (χ1) is 12.6. The summed E-state index contributed by atoms with van der Waals surface area (Å²) in [5.74, 6) is 8.83. The van der Waals surface area contributed by atoms with Crippen LogP contribution in [0.1, 0.15) is 11.4 Å². The zero-order chi connectivity index (χ0) is 18.4. The minimum absolute atomic E-state index is 0.228. The molecule has 0 saturated heterocycles. The summed E-state index contributed by atoms with van der Waals surface area (Å²) in [5, 5.41) is 9.44. The van der Waals surface area contributed by atoms with Crippen molar-refractivity contribution < 1.29 is 9.47 Å². The zero-order valence-electron chi connectivity index (χ0n) is 14.3. The molecule has 1 aromatic heterocycles. The standard InChI is InChI=1S/C18H19ClN4O2S/c1-13-2-6-15(7-3-13)24-10-11-26-18-22-21-17(23(18)20)12-25-16-8-4-14(19)5-9-16/h2-9H,10-12,20H2,1H3. The maximum Gasteiger partial charge on any atom is 0.210 e. The maximum atomic E-state index is 6.03. The molecule has 0 aliphatic heterocycles. The smallest absolute Gasteiger partial charge is 0.210 e. The number of nitrogen functional groups attached to an aromatic ring is 1. The Labute approximate surface area is 161 Å². The van der Waals surface area contributed by atoms with Crippen molar-refractivity contribution in [3.63, 3.8) is 0 Å². The van der Waals surface area contributed by atoms with Crippen LogP contribution in [0.15, 0.2) is 53.7 Å². The number of ether oxygens (including phenoxy) is 2. The number of hydrogen-bond acceptors (Lipinski definition) is 6. The molecule has 0 saturated carbocycles. The van der Waals surface area contributed by atoms with Gasteiger partial charge in [-0.3, -0.25) is 0 Å². The fourth-order valence-electron chi connectivity index (χ4n) is 2.11. The number of aromatic nitrogens is 3. The zero-order valence-corrected chi connectivity index (χ0v) is 15.8. The SMILES string of the molecule is Cc1ccc(OCCSc2nnc(COc3ccc(Cl)cc3)n2N)cc1. The highest BCUT2D eigenvalue weighted by atomic mass is 35.5. The number of benzene rings is 2. The van der Waals surface area contributed by atoms with Crippen molar-refractivity contribution in [1.82, 2.24) is 14.9 Å². The summed E-state index contributed by atoms with van der Waals surface area (Å²) >= 11 is 7.33. The molecule has 0 unspecified atom stereocenters. The summed E-state index contributed by atoms with van der Waals surface area (Å²) in [5.41, 5.74) is 1.20. The molecule has 0 spiro atoms. The Balaban J connectivity index is 1.45. The number of nitrogens with zero attached hydrogens (tertiary/aromatic N) is 3. The quantitative estimate of drug-likeness (QED) is 0.359. The van der Waals surface area contributed by atoms with Gasteiger partial charge in [-0.1, -0.05) is 41.1 Å². The molecule has 2 aromatic carbocycles. The fourth-order valence-corrected chi connectivity index (χ4v) is 2.93. The van der Waals surface area contributed by atoms with Crippen molar-refractivity contribution in [2.75, 3.05) is 18.2 Å². The van der Waals surface area contributed by atoms with E-state index in [1.54, 1.807) is 24.3 Å². The van der Waals surface area contributed by atoms with Gasteiger partial charge in [0, 0.05) is 10.8 Å². The van der Waals surface area contributed by atoms with Gasteiger partial charge in [0.15, 0.2) is 5.82 Å². The molecule has 0 aliphatic carbocycles. The van der Waals surface area contributed by atoms with Crippen LogP contribution in [-0.2, 0) is 6.61 Å². The lowest BCUT2D eigenvalue weighted by Gasteiger charge is -2.07. The molecule has 0 radical (unpaired) electrons. The van der Waals surface area contributed by atoms with Gasteiger partial charge in [-0.2, -0.15) is 0 Å². The lowest BCUT2D eigenvalue weighted by Crippen LogP contribution is -2.16. The Morgan fingerprint density at radius 3 is 2.38 bits per heavy atom. The van der Waals surface area contributed by atoms with Crippen molar-refractivity contribution in [2.45, 2.75) is 18.7 Å². The molecule has 0 bridgehead atoms. The molecule has 0 amide bonds. The summed E-state index contributed by atoms with van der Waals surface area (Å²) < 4.78 is 12.8. The van der Waals surface area contributed by atoms with E-state index in [9.17, 15) is 0 Å². The first-order valence-electron chi connectivity index (χ1n) is 8.02. The second-order valence-corrected chi connectivity index (χ2v) is 7.02. The Bertz CT molecular complexity index is 837. The molecule has 0 aliphatic rings. The third-order valence-corrected chi connectivity index (χ3v) is 4.68. The molecule has 1 heterocycles. The predicted octanol–water partition coefficient (Wildman–Crippen LogP) is 3.70. The largest absolute Gasteiger partial charge is 0.493 e. The van der Waals surface area contributed by atoms with Gasteiger partial charge in [-0.25, -0.2) is 4.68 Å². The highest BCUT2D eigenvalue weighted by Crippen LogP contribution is 2.19. The Morgan fingerprint density at radius 2 is 1.65 bits per heavy atom. The Kier molecular flexibility index (Phi) is 6.25. The van der Waals surface area contributed by atoms with Gasteiger partial charge in [-0.15, -0.1) is 10.2 Å². The van der Waals surface area contributed by atoms with Crippen molar-refractivity contribution in [1.29, 1.82) is 0 Å². The van der Waals surface area contributed by atoms with Crippen LogP contribution < -0.4 is 15.3 Å². The van der Waals surface area contributed by atoms with Gasteiger partial charge in [0.25, 0.3) is 0 Å². The van der Waals surface area contributed by atoms with Crippen molar-refractivity contribution in [3.8, 4) is 11.5 Å². The van der Waals surface area contributed by atoms with E-state index in [-0.39, 0.29) is 6.61 Å². The third kappa shape index (κ3) is 5.06. The highest BCUT2D eigenvalue weighted by molar-refractivity contribution is 7.99. The van der Waals surface area contributed by atoms with Crippen LogP contribution in [0.2, 0.25) is 5.02 Å². The van der Waals surface area contributed by atoms with Crippen molar-refractivity contribution in [2.24, 2.45) is 0 Å². The van der Waals surface area contributed by atoms with Crippen LogP contribution in [0.5, 0.6) is 11.5 Å². The fraction of sp³-hybridized carbons (Fsp3) is 0.222. The third-order valence-electron chi connectivity index (χ3n) is 3.52. The van der Waals surface area contributed by atoms with Crippen LogP contribution in [0.4, 0.5) is 0 Å². The van der Waals surface area contributed by atoms with E-state index in [0.29, 0.717) is 34.1 Å². The second kappa shape index (κ2) is 8.82. The summed E-state index contributed by atoms with van der Waals surface area (Å²) in [4.78, 5) is 0. The molecule has 8 heteroatoms. The Hall–Kier alpha value is -2.38. The molecule has 136 valence electrons. The minimum atomic E-state index is 0.228. The van der Waals surface area contributed by atoms with Gasteiger partial charge in [-0.05, 0) is 43.3 Å². The molecule has 26 heavy (non-hydrogen) atoms. The van der Waals surface area contributed by atoms with E-state index in [1.165, 1.54) is 22.0 Å². The number of nitrogens with two attached hydrogens (primary N) is 1. The normalized spacial score (nSPS) is 10.7. The lowest BCUT2D eigenvalue weighted by atomic mass is 10.2. The molecule has 0 atom stereocenters. The molecule has 2 N–H and O–H groups in total. The van der Waals surface area contributed by atoms with E-state index in [2.05, 4.69) is 10.2 Å². The van der Waals surface area contributed by atoms with Crippen LogP contribution in [0, 0.1) is 6.92 Å². The monoisotopic (exact) mass is 390 g/mol. The number of rotatable bonds is 8. The molecule has 3 rings (SSSR count). The lowest BCUT2D eigenvalue weighted by molar-refractivity contribution is 0.291. The van der Waals surface area contributed by atoms with Gasteiger partial charge < -0.3 is 15.3 Å². The minimum Gasteiger partial charge on any atom is -0.493 e. The predicted molar refractivity (Wildman–Crippen MR) is 103 cm³/mol. The van der Waals surface area contributed by atoms with Gasteiger partial charge in [0.05, 0.1) is 6.61 Å². The first-order valence-corrected chi connectivity index (χ1v) is 9.38. The second-order valence-electron chi connectivity index (χ2n) is 5.52. The summed E-state index contributed by atoms with van der Waals surface area (Å²) in [7, 11) is 0. The highest BCUT2D eigenvalue weighted by Gasteiger charge is 2.11. The Morgan fingerprint density at radius 1 is 1.00 bits per heavy atom. The van der Waals surface area contributed by atoms with Crippen LogP contribution in [-0.4, -0.2) is 27.2 Å². The van der Waals surface area contributed by atoms with Crippen LogP contribution in [0.3, 0.4) is 0 Å². The van der Waals surface area contributed by atoms with Gasteiger partial charge >= 0.3 is 0 Å².